The number of phosphoric acid groups is 1. The first-order valence-electron chi connectivity index (χ1n) is 9.99. The lowest BCUT2D eigenvalue weighted by molar-refractivity contribution is -0.121. The minimum atomic E-state index is -4.27. The van der Waals surface area contributed by atoms with Crippen LogP contribution in [0, 0.1) is 5.92 Å². The zero-order chi connectivity index (χ0) is 20.8. The predicted octanol–water partition coefficient (Wildman–Crippen LogP) is 4.69. The van der Waals surface area contributed by atoms with Crippen molar-refractivity contribution in [3.05, 3.63) is 24.3 Å². The Morgan fingerprint density at radius 1 is 1.18 bits per heavy atom. The van der Waals surface area contributed by atoms with E-state index in [2.05, 4.69) is 12.2 Å². The minimum absolute atomic E-state index is 0.0798. The van der Waals surface area contributed by atoms with Crippen molar-refractivity contribution in [1.82, 2.24) is 5.32 Å². The van der Waals surface area contributed by atoms with Gasteiger partial charge < -0.3 is 14.6 Å². The van der Waals surface area contributed by atoms with Crippen molar-refractivity contribution >= 4 is 13.7 Å². The number of hydrogen-bond acceptors (Lipinski definition) is 5. The van der Waals surface area contributed by atoms with E-state index in [9.17, 15) is 14.3 Å². The van der Waals surface area contributed by atoms with E-state index in [-0.39, 0.29) is 24.8 Å². The SMILES string of the molecule is CCCCCCCC(=O)NCCOP(=O)(O)Oc1cccc(OCC(C)C)c1. The van der Waals surface area contributed by atoms with Crippen LogP contribution in [0.2, 0.25) is 0 Å². The average Bonchev–Trinajstić information content (AvgIpc) is 2.63. The monoisotopic (exact) mass is 415 g/mol. The van der Waals surface area contributed by atoms with Crippen LogP contribution in [0.4, 0.5) is 0 Å². The predicted molar refractivity (Wildman–Crippen MR) is 110 cm³/mol. The highest BCUT2D eigenvalue weighted by molar-refractivity contribution is 7.47. The van der Waals surface area contributed by atoms with Crippen LogP contribution >= 0.6 is 7.82 Å². The van der Waals surface area contributed by atoms with Gasteiger partial charge in [-0.05, 0) is 24.5 Å². The normalized spacial score (nSPS) is 13.2. The van der Waals surface area contributed by atoms with Crippen molar-refractivity contribution in [3.8, 4) is 11.5 Å². The van der Waals surface area contributed by atoms with Crippen LogP contribution in [-0.2, 0) is 13.9 Å². The van der Waals surface area contributed by atoms with Crippen LogP contribution in [0.3, 0.4) is 0 Å². The maximum Gasteiger partial charge on any atom is 0.527 e. The van der Waals surface area contributed by atoms with E-state index in [4.69, 9.17) is 13.8 Å². The Morgan fingerprint density at radius 2 is 1.89 bits per heavy atom. The number of ether oxygens (including phenoxy) is 1. The van der Waals surface area contributed by atoms with Crippen molar-refractivity contribution in [2.24, 2.45) is 5.92 Å². The fourth-order valence-corrected chi connectivity index (χ4v) is 3.13. The molecule has 0 saturated heterocycles. The molecule has 0 fully saturated rings. The topological polar surface area (TPSA) is 94.1 Å². The van der Waals surface area contributed by atoms with Crippen molar-refractivity contribution in [3.63, 3.8) is 0 Å². The summed E-state index contributed by atoms with van der Waals surface area (Å²) in [5.41, 5.74) is 0. The summed E-state index contributed by atoms with van der Waals surface area (Å²) < 4.78 is 27.6. The summed E-state index contributed by atoms with van der Waals surface area (Å²) in [5.74, 6) is 1.02. The highest BCUT2D eigenvalue weighted by atomic mass is 31.2. The molecule has 1 aromatic rings. The molecule has 28 heavy (non-hydrogen) atoms. The van der Waals surface area contributed by atoms with E-state index in [1.165, 1.54) is 18.9 Å². The van der Waals surface area contributed by atoms with E-state index in [1.54, 1.807) is 18.2 Å². The first-order valence-corrected chi connectivity index (χ1v) is 11.5. The molecule has 0 aliphatic rings. The first kappa shape index (κ1) is 24.5. The molecule has 7 nitrogen and oxygen atoms in total. The molecule has 0 bridgehead atoms. The number of hydrogen-bond donors (Lipinski definition) is 2. The van der Waals surface area contributed by atoms with Crippen LogP contribution in [0.25, 0.3) is 0 Å². The van der Waals surface area contributed by atoms with Gasteiger partial charge in [0.2, 0.25) is 5.91 Å². The molecule has 2 N–H and O–H groups in total. The Labute approximate surface area is 168 Å². The highest BCUT2D eigenvalue weighted by Crippen LogP contribution is 2.44. The number of benzene rings is 1. The molecule has 0 heterocycles. The molecule has 1 rings (SSSR count). The second-order valence-corrected chi connectivity index (χ2v) is 8.46. The van der Waals surface area contributed by atoms with Crippen molar-refractivity contribution in [2.45, 2.75) is 59.3 Å². The summed E-state index contributed by atoms with van der Waals surface area (Å²) in [5, 5.41) is 2.67. The Morgan fingerprint density at radius 3 is 2.61 bits per heavy atom. The maximum absolute atomic E-state index is 12.0. The van der Waals surface area contributed by atoms with Crippen LogP contribution in [0.15, 0.2) is 24.3 Å². The van der Waals surface area contributed by atoms with Gasteiger partial charge in [-0.3, -0.25) is 14.2 Å². The number of carbonyl (C=O) groups is 1. The number of carbonyl (C=O) groups excluding carboxylic acids is 1. The molecule has 1 atom stereocenters. The molecule has 0 radical (unpaired) electrons. The molecule has 1 amide bonds. The van der Waals surface area contributed by atoms with Gasteiger partial charge in [0.25, 0.3) is 0 Å². The molecule has 0 aromatic heterocycles. The standard InChI is InChI=1S/C20H34NO6P/c1-4-5-6-7-8-12-20(22)21-13-14-26-28(23,24)27-19-11-9-10-18(15-19)25-16-17(2)3/h9-11,15,17H,4-8,12-14,16H2,1-3H3,(H,21,22)(H,23,24). The number of nitrogens with one attached hydrogen (secondary N) is 1. The Kier molecular flexibility index (Phi) is 11.9. The molecule has 0 saturated carbocycles. The Balaban J connectivity index is 2.28. The molecule has 160 valence electrons. The maximum atomic E-state index is 12.0. The third-order valence-corrected chi connectivity index (χ3v) is 4.75. The van der Waals surface area contributed by atoms with Gasteiger partial charge in [0.1, 0.15) is 11.5 Å². The van der Waals surface area contributed by atoms with Gasteiger partial charge in [0, 0.05) is 19.0 Å². The van der Waals surface area contributed by atoms with Crippen LogP contribution in [0.1, 0.15) is 59.3 Å². The van der Waals surface area contributed by atoms with Crippen LogP contribution in [0.5, 0.6) is 11.5 Å². The number of phosphoric ester groups is 1. The zero-order valence-electron chi connectivity index (χ0n) is 17.2. The summed E-state index contributed by atoms with van der Waals surface area (Å²) >= 11 is 0. The Hall–Kier alpha value is -1.56. The fraction of sp³-hybridized carbons (Fsp3) is 0.650. The van der Waals surface area contributed by atoms with E-state index in [0.717, 1.165) is 19.3 Å². The molecular weight excluding hydrogens is 381 g/mol. The second-order valence-electron chi connectivity index (χ2n) is 7.09. The van der Waals surface area contributed by atoms with Crippen molar-refractivity contribution in [1.29, 1.82) is 0 Å². The van der Waals surface area contributed by atoms with E-state index in [1.807, 2.05) is 13.8 Å². The van der Waals surface area contributed by atoms with Gasteiger partial charge in [-0.1, -0.05) is 52.5 Å². The lowest BCUT2D eigenvalue weighted by Gasteiger charge is -2.14. The highest BCUT2D eigenvalue weighted by Gasteiger charge is 2.23. The first-order chi connectivity index (χ1) is 13.3. The fourth-order valence-electron chi connectivity index (χ4n) is 2.37. The molecule has 1 aromatic carbocycles. The van der Waals surface area contributed by atoms with Crippen LogP contribution in [-0.4, -0.2) is 30.6 Å². The zero-order valence-corrected chi connectivity index (χ0v) is 18.1. The van der Waals surface area contributed by atoms with Gasteiger partial charge in [-0.2, -0.15) is 0 Å². The van der Waals surface area contributed by atoms with Gasteiger partial charge in [0.15, 0.2) is 0 Å². The van der Waals surface area contributed by atoms with Gasteiger partial charge >= 0.3 is 7.82 Å². The molecule has 0 aliphatic carbocycles. The quantitative estimate of drug-likeness (QED) is 0.319. The van der Waals surface area contributed by atoms with Crippen molar-refractivity contribution < 1.29 is 28.0 Å². The van der Waals surface area contributed by atoms with Gasteiger partial charge in [-0.25, -0.2) is 4.57 Å². The summed E-state index contributed by atoms with van der Waals surface area (Å²) in [6.45, 7) is 6.78. The average molecular weight is 415 g/mol. The second kappa shape index (κ2) is 13.6. The summed E-state index contributed by atoms with van der Waals surface area (Å²) in [6.07, 6.45) is 5.85. The number of rotatable bonds is 15. The number of unbranched alkanes of at least 4 members (excludes halogenated alkanes) is 4. The Bertz CT molecular complexity index is 622. The lowest BCUT2D eigenvalue weighted by Crippen LogP contribution is -2.26. The van der Waals surface area contributed by atoms with E-state index < -0.39 is 7.82 Å². The smallest absolute Gasteiger partial charge is 0.493 e. The molecule has 8 heteroatoms. The third-order valence-electron chi connectivity index (χ3n) is 3.80. The third kappa shape index (κ3) is 12.0. The van der Waals surface area contributed by atoms with Gasteiger partial charge in [0.05, 0.1) is 13.2 Å². The van der Waals surface area contributed by atoms with E-state index in [0.29, 0.717) is 24.7 Å². The van der Waals surface area contributed by atoms with Gasteiger partial charge in [-0.15, -0.1) is 0 Å². The summed E-state index contributed by atoms with van der Waals surface area (Å²) in [7, 11) is -4.27. The molecule has 0 aliphatic heterocycles. The van der Waals surface area contributed by atoms with E-state index >= 15 is 0 Å². The molecule has 1 unspecified atom stereocenters. The lowest BCUT2D eigenvalue weighted by atomic mass is 10.1. The largest absolute Gasteiger partial charge is 0.527 e. The summed E-state index contributed by atoms with van der Waals surface area (Å²) in [6, 6.07) is 6.51. The summed E-state index contributed by atoms with van der Waals surface area (Å²) in [4.78, 5) is 21.5. The minimum Gasteiger partial charge on any atom is -0.493 e. The van der Waals surface area contributed by atoms with Crippen molar-refractivity contribution in [2.75, 3.05) is 19.8 Å². The number of amides is 1. The molecule has 0 spiro atoms. The molecular formula is C20H34NO6P. The van der Waals surface area contributed by atoms with Crippen LogP contribution < -0.4 is 14.6 Å².